The lowest BCUT2D eigenvalue weighted by atomic mass is 10.1. The maximum Gasteiger partial charge on any atom is 0.224 e. The molecule has 4 nitrogen and oxygen atoms in total. The Bertz CT molecular complexity index is 231. The van der Waals surface area contributed by atoms with Crippen molar-refractivity contribution >= 4 is 11.6 Å². The maximum absolute atomic E-state index is 10.4. The molecule has 0 spiro atoms. The van der Waals surface area contributed by atoms with Gasteiger partial charge in [-0.1, -0.05) is 0 Å². The molecule has 0 aromatic rings. The van der Waals surface area contributed by atoms with Gasteiger partial charge < -0.3 is 10.2 Å². The summed E-state index contributed by atoms with van der Waals surface area (Å²) >= 11 is 0. The number of aliphatic hydroxyl groups is 2. The van der Waals surface area contributed by atoms with Crippen LogP contribution in [-0.2, 0) is 9.59 Å². The summed E-state index contributed by atoms with van der Waals surface area (Å²) in [4.78, 5) is 20.9. The molecule has 4 heteroatoms. The molecule has 0 aromatic carbocycles. The minimum atomic E-state index is -0.753. The van der Waals surface area contributed by atoms with E-state index in [2.05, 4.69) is 0 Å². The summed E-state index contributed by atoms with van der Waals surface area (Å²) in [5.41, 5.74) is 0. The van der Waals surface area contributed by atoms with Crippen molar-refractivity contribution in [3.63, 3.8) is 0 Å². The van der Waals surface area contributed by atoms with Crippen molar-refractivity contribution in [2.45, 2.75) is 0 Å². The molecule has 10 heavy (non-hydrogen) atoms. The van der Waals surface area contributed by atoms with E-state index in [0.29, 0.717) is 12.2 Å². The Morgan fingerprint density at radius 2 is 1.20 bits per heavy atom. The van der Waals surface area contributed by atoms with Crippen molar-refractivity contribution < 1.29 is 19.8 Å². The van der Waals surface area contributed by atoms with Crippen molar-refractivity contribution in [1.29, 1.82) is 0 Å². The standard InChI is InChI=1S/C6H4O4/c7-3-1-4(8)6(10)2-5(3)9/h1-2,7,10H. The summed E-state index contributed by atoms with van der Waals surface area (Å²) in [5, 5.41) is 17.2. The summed E-state index contributed by atoms with van der Waals surface area (Å²) < 4.78 is 0. The van der Waals surface area contributed by atoms with Gasteiger partial charge in [0.15, 0.2) is 11.5 Å². The van der Waals surface area contributed by atoms with Crippen LogP contribution in [0.4, 0.5) is 0 Å². The molecule has 0 heterocycles. The highest BCUT2D eigenvalue weighted by Gasteiger charge is 2.17. The summed E-state index contributed by atoms with van der Waals surface area (Å²) in [5.74, 6) is -2.78. The van der Waals surface area contributed by atoms with Crippen molar-refractivity contribution in [2.24, 2.45) is 0 Å². The maximum atomic E-state index is 10.4. The number of hydrogen-bond acceptors (Lipinski definition) is 4. The minimum absolute atomic E-state index is 0.636. The molecule has 0 amide bonds. The molecule has 0 saturated heterocycles. The SMILES string of the molecule is O=C1C=C(O)C(=O)C=C1O. The fourth-order valence-electron chi connectivity index (χ4n) is 0.538. The Morgan fingerprint density at radius 1 is 0.900 bits per heavy atom. The molecule has 0 bridgehead atoms. The first-order valence-corrected chi connectivity index (χ1v) is 2.51. The van der Waals surface area contributed by atoms with E-state index in [-0.39, 0.29) is 0 Å². The number of hydrogen-bond donors (Lipinski definition) is 2. The smallest absolute Gasteiger partial charge is 0.224 e. The van der Waals surface area contributed by atoms with Crippen molar-refractivity contribution in [2.75, 3.05) is 0 Å². The number of carbonyl (C=O) groups excluding carboxylic acids is 2. The predicted molar refractivity (Wildman–Crippen MR) is 31.4 cm³/mol. The molecule has 0 aromatic heterocycles. The van der Waals surface area contributed by atoms with Crippen LogP contribution in [0, 0.1) is 0 Å². The summed E-state index contributed by atoms with van der Waals surface area (Å²) in [7, 11) is 0. The van der Waals surface area contributed by atoms with Gasteiger partial charge in [0.2, 0.25) is 11.6 Å². The molecular weight excluding hydrogens is 136 g/mol. The van der Waals surface area contributed by atoms with Gasteiger partial charge in [-0.2, -0.15) is 0 Å². The lowest BCUT2D eigenvalue weighted by Gasteiger charge is -2.00. The van der Waals surface area contributed by atoms with Gasteiger partial charge in [0.1, 0.15) is 0 Å². The Balaban J connectivity index is 3.03. The third-order valence-corrected chi connectivity index (χ3v) is 1.04. The van der Waals surface area contributed by atoms with Gasteiger partial charge in [0.05, 0.1) is 0 Å². The van der Waals surface area contributed by atoms with Gasteiger partial charge in [-0.15, -0.1) is 0 Å². The average molecular weight is 140 g/mol. The van der Waals surface area contributed by atoms with Crippen LogP contribution in [-0.4, -0.2) is 21.8 Å². The van der Waals surface area contributed by atoms with E-state index in [4.69, 9.17) is 10.2 Å². The average Bonchev–Trinajstić information content (AvgIpc) is 1.84. The largest absolute Gasteiger partial charge is 0.504 e. The minimum Gasteiger partial charge on any atom is -0.504 e. The van der Waals surface area contributed by atoms with Gasteiger partial charge >= 0.3 is 0 Å². The van der Waals surface area contributed by atoms with Crippen molar-refractivity contribution in [3.05, 3.63) is 23.7 Å². The van der Waals surface area contributed by atoms with Crippen LogP contribution in [0.5, 0.6) is 0 Å². The van der Waals surface area contributed by atoms with Gasteiger partial charge in [0.25, 0.3) is 0 Å². The van der Waals surface area contributed by atoms with Crippen LogP contribution in [0.3, 0.4) is 0 Å². The predicted octanol–water partition coefficient (Wildman–Crippen LogP) is 0.0220. The third-order valence-electron chi connectivity index (χ3n) is 1.04. The Labute approximate surface area is 56.1 Å². The monoisotopic (exact) mass is 140 g/mol. The molecule has 0 atom stereocenters. The fraction of sp³-hybridized carbons (Fsp3) is 0. The molecule has 0 unspecified atom stereocenters. The second kappa shape index (κ2) is 1.98. The van der Waals surface area contributed by atoms with Crippen molar-refractivity contribution in [1.82, 2.24) is 0 Å². The topological polar surface area (TPSA) is 74.6 Å². The van der Waals surface area contributed by atoms with Crippen LogP contribution >= 0.6 is 0 Å². The zero-order valence-corrected chi connectivity index (χ0v) is 4.87. The van der Waals surface area contributed by atoms with E-state index in [1.807, 2.05) is 0 Å². The summed E-state index contributed by atoms with van der Waals surface area (Å²) in [6.07, 6.45) is 1.36. The first-order chi connectivity index (χ1) is 4.61. The van der Waals surface area contributed by atoms with E-state index in [1.54, 1.807) is 0 Å². The van der Waals surface area contributed by atoms with E-state index < -0.39 is 23.1 Å². The Hall–Kier alpha value is -1.58. The van der Waals surface area contributed by atoms with Crippen LogP contribution in [0.1, 0.15) is 0 Å². The zero-order chi connectivity index (χ0) is 7.72. The molecule has 1 aliphatic carbocycles. The molecule has 0 aliphatic heterocycles. The van der Waals surface area contributed by atoms with E-state index in [9.17, 15) is 9.59 Å². The first-order valence-electron chi connectivity index (χ1n) is 2.51. The molecule has 1 aliphatic rings. The Morgan fingerprint density at radius 3 is 1.50 bits per heavy atom. The lowest BCUT2D eigenvalue weighted by molar-refractivity contribution is -0.118. The summed E-state index contributed by atoms with van der Waals surface area (Å²) in [6, 6.07) is 0. The second-order valence-corrected chi connectivity index (χ2v) is 1.79. The van der Waals surface area contributed by atoms with Crippen LogP contribution < -0.4 is 0 Å². The highest BCUT2D eigenvalue weighted by atomic mass is 16.3. The normalized spacial score (nSPS) is 18.4. The zero-order valence-electron chi connectivity index (χ0n) is 4.87. The second-order valence-electron chi connectivity index (χ2n) is 1.79. The number of carbonyl (C=O) groups is 2. The van der Waals surface area contributed by atoms with E-state index in [0.717, 1.165) is 0 Å². The van der Waals surface area contributed by atoms with Gasteiger partial charge in [0, 0.05) is 12.2 Å². The fourth-order valence-corrected chi connectivity index (χ4v) is 0.538. The number of allylic oxidation sites excluding steroid dienone is 2. The number of rotatable bonds is 0. The van der Waals surface area contributed by atoms with E-state index >= 15 is 0 Å². The molecule has 2 N–H and O–H groups in total. The molecule has 0 saturated carbocycles. The van der Waals surface area contributed by atoms with Gasteiger partial charge in [-0.25, -0.2) is 0 Å². The molecule has 52 valence electrons. The van der Waals surface area contributed by atoms with Crippen LogP contribution in [0.25, 0.3) is 0 Å². The Kier molecular flexibility index (Phi) is 1.30. The summed E-state index contributed by atoms with van der Waals surface area (Å²) in [6.45, 7) is 0. The van der Waals surface area contributed by atoms with Gasteiger partial charge in [-0.05, 0) is 0 Å². The molecular formula is C6H4O4. The molecule has 0 radical (unpaired) electrons. The number of ketones is 2. The first kappa shape index (κ1) is 6.54. The van der Waals surface area contributed by atoms with Crippen molar-refractivity contribution in [3.8, 4) is 0 Å². The van der Waals surface area contributed by atoms with Gasteiger partial charge in [-0.3, -0.25) is 9.59 Å². The highest BCUT2D eigenvalue weighted by molar-refractivity contribution is 6.17. The van der Waals surface area contributed by atoms with Crippen LogP contribution in [0.15, 0.2) is 23.7 Å². The molecule has 1 rings (SSSR count). The highest BCUT2D eigenvalue weighted by Crippen LogP contribution is 2.05. The van der Waals surface area contributed by atoms with E-state index in [1.165, 1.54) is 0 Å². The number of aliphatic hydroxyl groups excluding tert-OH is 2. The quantitative estimate of drug-likeness (QED) is 0.465. The third kappa shape index (κ3) is 0.907. The van der Waals surface area contributed by atoms with Crippen LogP contribution in [0.2, 0.25) is 0 Å². The molecule has 0 fully saturated rings. The lowest BCUT2D eigenvalue weighted by Crippen LogP contribution is -2.12.